The van der Waals surface area contributed by atoms with E-state index in [2.05, 4.69) is 15.6 Å². The van der Waals surface area contributed by atoms with Crippen molar-refractivity contribution in [1.29, 1.82) is 0 Å². The van der Waals surface area contributed by atoms with Gasteiger partial charge in [0, 0.05) is 0 Å². The van der Waals surface area contributed by atoms with Crippen molar-refractivity contribution in [1.82, 2.24) is 14.9 Å². The highest BCUT2D eigenvalue weighted by molar-refractivity contribution is 6.33. The monoisotopic (exact) mass is 448 g/mol. The van der Waals surface area contributed by atoms with E-state index in [4.69, 9.17) is 16.3 Å². The van der Waals surface area contributed by atoms with E-state index in [1.165, 1.54) is 0 Å². The summed E-state index contributed by atoms with van der Waals surface area (Å²) >= 11 is 6.12. The second kappa shape index (κ2) is 9.53. The Morgan fingerprint density at radius 1 is 1.00 bits per heavy atom. The first-order valence-corrected chi connectivity index (χ1v) is 10.3. The van der Waals surface area contributed by atoms with Gasteiger partial charge >= 0.3 is 0 Å². The third-order valence-corrected chi connectivity index (χ3v) is 5.27. The van der Waals surface area contributed by atoms with Crippen LogP contribution in [0.4, 0.5) is 5.69 Å². The van der Waals surface area contributed by atoms with Gasteiger partial charge in [0.05, 0.1) is 41.0 Å². The molecule has 0 saturated carbocycles. The number of hydrogen-bond donors (Lipinski definition) is 2. The fourth-order valence-electron chi connectivity index (χ4n) is 3.42. The zero-order valence-electron chi connectivity index (χ0n) is 17.3. The summed E-state index contributed by atoms with van der Waals surface area (Å²) in [4.78, 5) is 30.0. The highest BCUT2D eigenvalue weighted by Gasteiger charge is 2.16. The Kier molecular flexibility index (Phi) is 6.37. The summed E-state index contributed by atoms with van der Waals surface area (Å²) in [5, 5.41) is 6.08. The molecule has 0 aliphatic rings. The number of ether oxygens (including phenoxy) is 1. The number of anilines is 1. The number of carbonyl (C=O) groups excluding carboxylic acids is 2. The second-order valence-electron chi connectivity index (χ2n) is 7.01. The first-order valence-electron chi connectivity index (χ1n) is 9.96. The molecule has 0 aliphatic heterocycles. The van der Waals surface area contributed by atoms with Gasteiger partial charge < -0.3 is 19.9 Å². The van der Waals surface area contributed by atoms with Gasteiger partial charge in [-0.05, 0) is 36.4 Å². The topological polar surface area (TPSA) is 85.2 Å². The van der Waals surface area contributed by atoms with E-state index < -0.39 is 0 Å². The van der Waals surface area contributed by atoms with Gasteiger partial charge in [0.2, 0.25) is 5.91 Å². The van der Waals surface area contributed by atoms with Crippen molar-refractivity contribution >= 4 is 40.1 Å². The number of para-hydroxylation sites is 4. The van der Waals surface area contributed by atoms with Crippen LogP contribution in [0.3, 0.4) is 0 Å². The Hall–Kier alpha value is -3.84. The molecule has 4 rings (SSSR count). The molecule has 1 aromatic heterocycles. The molecule has 162 valence electrons. The maximum atomic E-state index is 12.8. The zero-order chi connectivity index (χ0) is 22.5. The van der Waals surface area contributed by atoms with Crippen LogP contribution in [0.25, 0.3) is 11.0 Å². The van der Waals surface area contributed by atoms with Crippen LogP contribution in [-0.4, -0.2) is 28.5 Å². The first-order chi connectivity index (χ1) is 15.6. The number of methoxy groups -OCH3 is 1. The lowest BCUT2D eigenvalue weighted by Gasteiger charge is -2.13. The molecule has 0 saturated heterocycles. The molecule has 0 bridgehead atoms. The summed E-state index contributed by atoms with van der Waals surface area (Å²) < 4.78 is 7.08. The van der Waals surface area contributed by atoms with Gasteiger partial charge in [-0.15, -0.1) is 0 Å². The Balaban J connectivity index is 1.56. The van der Waals surface area contributed by atoms with Crippen LogP contribution in [0.15, 0.2) is 72.8 Å². The van der Waals surface area contributed by atoms with E-state index in [-0.39, 0.29) is 24.9 Å². The summed E-state index contributed by atoms with van der Waals surface area (Å²) in [6.45, 7) is 0.163. The number of aromatic nitrogens is 2. The van der Waals surface area contributed by atoms with E-state index in [9.17, 15) is 9.59 Å². The molecule has 0 radical (unpaired) electrons. The number of fused-ring (bicyclic) bond motifs is 1. The molecule has 1 heterocycles. The second-order valence-corrected chi connectivity index (χ2v) is 7.42. The maximum absolute atomic E-state index is 12.8. The van der Waals surface area contributed by atoms with Crippen molar-refractivity contribution in [3.05, 3.63) is 89.2 Å². The molecule has 0 aliphatic carbocycles. The fraction of sp³-hybridized carbons (Fsp3) is 0.125. The van der Waals surface area contributed by atoms with Gasteiger partial charge in [-0.3, -0.25) is 9.59 Å². The molecule has 2 amide bonds. The largest absolute Gasteiger partial charge is 0.495 e. The normalized spacial score (nSPS) is 10.7. The Morgan fingerprint density at radius 2 is 1.72 bits per heavy atom. The van der Waals surface area contributed by atoms with Crippen molar-refractivity contribution in [2.24, 2.45) is 0 Å². The standard InChI is InChI=1S/C24H21ClN4O3/c1-32-21-13-7-5-11-19(21)28-23(30)15-29-20-12-6-4-10-18(20)27-22(29)14-26-24(31)16-8-2-3-9-17(16)25/h2-13H,14-15H2,1H3,(H,26,31)(H,28,30). The minimum Gasteiger partial charge on any atom is -0.495 e. The average molecular weight is 449 g/mol. The molecule has 0 unspecified atom stereocenters. The summed E-state index contributed by atoms with van der Waals surface area (Å²) in [5.41, 5.74) is 2.49. The van der Waals surface area contributed by atoms with Crippen LogP contribution in [0.2, 0.25) is 5.02 Å². The fourth-order valence-corrected chi connectivity index (χ4v) is 3.64. The van der Waals surface area contributed by atoms with E-state index in [0.717, 1.165) is 11.0 Å². The Labute approximate surface area is 190 Å². The van der Waals surface area contributed by atoms with Crippen LogP contribution < -0.4 is 15.4 Å². The van der Waals surface area contributed by atoms with Crippen molar-refractivity contribution in [2.45, 2.75) is 13.1 Å². The highest BCUT2D eigenvalue weighted by Crippen LogP contribution is 2.23. The van der Waals surface area contributed by atoms with Gasteiger partial charge in [0.1, 0.15) is 18.1 Å². The molecule has 32 heavy (non-hydrogen) atoms. The lowest BCUT2D eigenvalue weighted by molar-refractivity contribution is -0.116. The lowest BCUT2D eigenvalue weighted by atomic mass is 10.2. The molecule has 3 aromatic carbocycles. The lowest BCUT2D eigenvalue weighted by Crippen LogP contribution is -2.27. The minimum absolute atomic E-state index is 0.0237. The predicted molar refractivity (Wildman–Crippen MR) is 124 cm³/mol. The minimum atomic E-state index is -0.312. The number of nitrogens with one attached hydrogen (secondary N) is 2. The Morgan fingerprint density at radius 3 is 2.53 bits per heavy atom. The predicted octanol–water partition coefficient (Wildman–Crippen LogP) is 4.27. The van der Waals surface area contributed by atoms with E-state index >= 15 is 0 Å². The van der Waals surface area contributed by atoms with Crippen LogP contribution in [0.1, 0.15) is 16.2 Å². The molecular weight excluding hydrogens is 428 g/mol. The summed E-state index contributed by atoms with van der Waals surface area (Å²) in [6, 6.07) is 21.5. The number of nitrogens with zero attached hydrogens (tertiary/aromatic N) is 2. The van der Waals surface area contributed by atoms with Crippen LogP contribution in [-0.2, 0) is 17.9 Å². The molecule has 7 nitrogen and oxygen atoms in total. The van der Waals surface area contributed by atoms with Gasteiger partial charge in [-0.1, -0.05) is 48.0 Å². The highest BCUT2D eigenvalue weighted by atomic mass is 35.5. The van der Waals surface area contributed by atoms with Gasteiger partial charge in [-0.25, -0.2) is 4.98 Å². The van der Waals surface area contributed by atoms with Crippen molar-refractivity contribution in [2.75, 3.05) is 12.4 Å². The zero-order valence-corrected chi connectivity index (χ0v) is 18.1. The van der Waals surface area contributed by atoms with Crippen molar-refractivity contribution < 1.29 is 14.3 Å². The summed E-state index contributed by atoms with van der Waals surface area (Å²) in [7, 11) is 1.55. The summed E-state index contributed by atoms with van der Waals surface area (Å²) in [5.74, 6) is 0.578. The molecule has 0 fully saturated rings. The third-order valence-electron chi connectivity index (χ3n) is 4.94. The number of carbonyl (C=O) groups is 2. The first kappa shape index (κ1) is 21.4. The van der Waals surface area contributed by atoms with Crippen LogP contribution in [0, 0.1) is 0 Å². The van der Waals surface area contributed by atoms with Crippen molar-refractivity contribution in [3.63, 3.8) is 0 Å². The number of amides is 2. The molecule has 8 heteroatoms. The van der Waals surface area contributed by atoms with E-state index in [0.29, 0.717) is 27.8 Å². The maximum Gasteiger partial charge on any atom is 0.253 e. The Bertz CT molecular complexity index is 1290. The van der Waals surface area contributed by atoms with E-state index in [1.807, 2.05) is 36.4 Å². The van der Waals surface area contributed by atoms with Crippen LogP contribution in [0.5, 0.6) is 5.75 Å². The molecule has 2 N–H and O–H groups in total. The smallest absolute Gasteiger partial charge is 0.253 e. The summed E-state index contributed by atoms with van der Waals surface area (Å²) in [6.07, 6.45) is 0. The third kappa shape index (κ3) is 4.58. The van der Waals surface area contributed by atoms with Crippen molar-refractivity contribution in [3.8, 4) is 5.75 Å². The number of benzene rings is 3. The van der Waals surface area contributed by atoms with Gasteiger partial charge in [0.25, 0.3) is 5.91 Å². The number of hydrogen-bond acceptors (Lipinski definition) is 4. The molecule has 0 atom stereocenters. The molecule has 4 aromatic rings. The molecular formula is C24H21ClN4O3. The quantitative estimate of drug-likeness (QED) is 0.442. The SMILES string of the molecule is COc1ccccc1NC(=O)Cn1c(CNC(=O)c2ccccc2Cl)nc2ccccc21. The number of imidazole rings is 1. The average Bonchev–Trinajstić information content (AvgIpc) is 3.15. The van der Waals surface area contributed by atoms with Gasteiger partial charge in [0.15, 0.2) is 0 Å². The number of halogens is 1. The van der Waals surface area contributed by atoms with E-state index in [1.54, 1.807) is 48.1 Å². The molecule has 0 spiro atoms. The van der Waals surface area contributed by atoms with Gasteiger partial charge in [-0.2, -0.15) is 0 Å². The van der Waals surface area contributed by atoms with Crippen LogP contribution >= 0.6 is 11.6 Å². The number of rotatable bonds is 7.